The van der Waals surface area contributed by atoms with Crippen molar-refractivity contribution in [2.24, 2.45) is 5.84 Å². The number of benzene rings is 1. The van der Waals surface area contributed by atoms with Crippen molar-refractivity contribution in [3.05, 3.63) is 41.6 Å². The molecule has 2 aromatic heterocycles. The Kier molecular flexibility index (Phi) is 2.38. The quantitative estimate of drug-likeness (QED) is 0.388. The maximum absolute atomic E-state index is 5.48. The first-order valence-electron chi connectivity index (χ1n) is 5.83. The molecular weight excluding hydrogens is 224 g/mol. The molecule has 0 saturated heterocycles. The number of nitrogens with zero attached hydrogens (tertiary/aromatic N) is 2. The standard InChI is InChI=1S/C14H14N4/c1-8-7-11-6-5-10-4-3-9(2)16-12(10)13(11)17-14(8)18-15/h3-7H,15H2,1-2H3,(H,17,18). The van der Waals surface area contributed by atoms with Gasteiger partial charge in [-0.25, -0.2) is 10.8 Å². The number of rotatable bonds is 1. The van der Waals surface area contributed by atoms with Gasteiger partial charge in [0.05, 0.1) is 11.0 Å². The molecule has 0 unspecified atom stereocenters. The number of anilines is 1. The van der Waals surface area contributed by atoms with E-state index in [1.165, 1.54) is 0 Å². The molecule has 3 N–H and O–H groups in total. The molecule has 3 rings (SSSR count). The molecule has 4 heteroatoms. The lowest BCUT2D eigenvalue weighted by atomic mass is 10.1. The first-order chi connectivity index (χ1) is 8.69. The molecule has 0 aliphatic rings. The predicted molar refractivity (Wildman–Crippen MR) is 74.3 cm³/mol. The maximum Gasteiger partial charge on any atom is 0.143 e. The molecule has 90 valence electrons. The summed E-state index contributed by atoms with van der Waals surface area (Å²) in [5.74, 6) is 6.18. The van der Waals surface area contributed by atoms with Gasteiger partial charge >= 0.3 is 0 Å². The van der Waals surface area contributed by atoms with E-state index < -0.39 is 0 Å². The Morgan fingerprint density at radius 3 is 2.39 bits per heavy atom. The Labute approximate surface area is 105 Å². The van der Waals surface area contributed by atoms with Crippen LogP contribution in [0.1, 0.15) is 11.3 Å². The summed E-state index contributed by atoms with van der Waals surface area (Å²) in [6.07, 6.45) is 0. The van der Waals surface area contributed by atoms with Crippen LogP contribution in [0.25, 0.3) is 21.8 Å². The van der Waals surface area contributed by atoms with Gasteiger partial charge < -0.3 is 5.43 Å². The largest absolute Gasteiger partial charge is 0.308 e. The van der Waals surface area contributed by atoms with Gasteiger partial charge in [0.15, 0.2) is 0 Å². The van der Waals surface area contributed by atoms with Gasteiger partial charge in [0.1, 0.15) is 5.82 Å². The Hall–Kier alpha value is -2.20. The first kappa shape index (κ1) is 10.9. The third-order valence-corrected chi connectivity index (χ3v) is 3.11. The topological polar surface area (TPSA) is 63.8 Å². The Balaban J connectivity index is 2.48. The van der Waals surface area contributed by atoms with Crippen LogP contribution >= 0.6 is 0 Å². The molecule has 2 heterocycles. The number of fused-ring (bicyclic) bond motifs is 3. The number of aryl methyl sites for hydroxylation is 2. The Morgan fingerprint density at radius 2 is 1.61 bits per heavy atom. The zero-order chi connectivity index (χ0) is 12.7. The summed E-state index contributed by atoms with van der Waals surface area (Å²) in [5.41, 5.74) is 6.44. The highest BCUT2D eigenvalue weighted by molar-refractivity contribution is 6.03. The Morgan fingerprint density at radius 1 is 0.944 bits per heavy atom. The number of hydrogen-bond donors (Lipinski definition) is 2. The molecule has 0 bridgehead atoms. The van der Waals surface area contributed by atoms with Crippen LogP contribution in [0.3, 0.4) is 0 Å². The second-order valence-electron chi connectivity index (χ2n) is 4.46. The molecule has 1 aromatic carbocycles. The lowest BCUT2D eigenvalue weighted by molar-refractivity contribution is 1.22. The van der Waals surface area contributed by atoms with E-state index in [-0.39, 0.29) is 0 Å². The lowest BCUT2D eigenvalue weighted by Gasteiger charge is -2.08. The lowest BCUT2D eigenvalue weighted by Crippen LogP contribution is -2.10. The number of hydrogen-bond acceptors (Lipinski definition) is 4. The molecule has 0 aliphatic carbocycles. The van der Waals surface area contributed by atoms with Crippen LogP contribution in [0.2, 0.25) is 0 Å². The third-order valence-electron chi connectivity index (χ3n) is 3.11. The molecule has 0 saturated carbocycles. The predicted octanol–water partition coefficient (Wildman–Crippen LogP) is 2.69. The van der Waals surface area contributed by atoms with Gasteiger partial charge in [-0.2, -0.15) is 0 Å². The van der Waals surface area contributed by atoms with Crippen LogP contribution in [-0.2, 0) is 0 Å². The number of hydrazine groups is 1. The van der Waals surface area contributed by atoms with E-state index in [1.54, 1.807) is 0 Å². The number of nitrogens with two attached hydrogens (primary N) is 1. The minimum absolute atomic E-state index is 0.693. The van der Waals surface area contributed by atoms with E-state index in [9.17, 15) is 0 Å². The summed E-state index contributed by atoms with van der Waals surface area (Å²) < 4.78 is 0. The average Bonchev–Trinajstić information content (AvgIpc) is 2.37. The van der Waals surface area contributed by atoms with Gasteiger partial charge in [-0.05, 0) is 31.5 Å². The summed E-state index contributed by atoms with van der Waals surface area (Å²) in [6.45, 7) is 3.96. The molecule has 3 aromatic rings. The number of aromatic nitrogens is 2. The Bertz CT molecular complexity index is 749. The van der Waals surface area contributed by atoms with Gasteiger partial charge in [-0.15, -0.1) is 0 Å². The summed E-state index contributed by atoms with van der Waals surface area (Å²) >= 11 is 0. The van der Waals surface area contributed by atoms with Crippen molar-refractivity contribution in [2.45, 2.75) is 13.8 Å². The molecule has 0 radical (unpaired) electrons. The van der Waals surface area contributed by atoms with E-state index >= 15 is 0 Å². The highest BCUT2D eigenvalue weighted by Crippen LogP contribution is 2.25. The van der Waals surface area contributed by atoms with Crippen molar-refractivity contribution in [1.29, 1.82) is 0 Å². The molecule has 0 fully saturated rings. The molecule has 18 heavy (non-hydrogen) atoms. The molecule has 4 nitrogen and oxygen atoms in total. The number of nitrogens with one attached hydrogen (secondary N) is 1. The highest BCUT2D eigenvalue weighted by Gasteiger charge is 2.07. The van der Waals surface area contributed by atoms with Crippen LogP contribution < -0.4 is 11.3 Å². The second kappa shape index (κ2) is 3.92. The van der Waals surface area contributed by atoms with Crippen LogP contribution in [0, 0.1) is 13.8 Å². The van der Waals surface area contributed by atoms with E-state index in [1.807, 2.05) is 19.9 Å². The summed E-state index contributed by atoms with van der Waals surface area (Å²) in [6, 6.07) is 10.3. The van der Waals surface area contributed by atoms with Gasteiger partial charge in [-0.3, -0.25) is 4.98 Å². The summed E-state index contributed by atoms with van der Waals surface area (Å²) in [5, 5.41) is 2.17. The normalized spacial score (nSPS) is 11.1. The van der Waals surface area contributed by atoms with Crippen molar-refractivity contribution in [3.63, 3.8) is 0 Å². The summed E-state index contributed by atoms with van der Waals surface area (Å²) in [4.78, 5) is 9.14. The molecule has 0 aliphatic heterocycles. The summed E-state index contributed by atoms with van der Waals surface area (Å²) in [7, 11) is 0. The fraction of sp³-hybridized carbons (Fsp3) is 0.143. The minimum atomic E-state index is 0.693. The van der Waals surface area contributed by atoms with Crippen LogP contribution in [0.5, 0.6) is 0 Å². The second-order valence-corrected chi connectivity index (χ2v) is 4.46. The molecule has 0 spiro atoms. The van der Waals surface area contributed by atoms with Gasteiger partial charge in [0, 0.05) is 16.5 Å². The molecule has 0 atom stereocenters. The van der Waals surface area contributed by atoms with E-state index in [0.717, 1.165) is 33.1 Å². The zero-order valence-electron chi connectivity index (χ0n) is 10.4. The third kappa shape index (κ3) is 1.58. The number of pyridine rings is 2. The van der Waals surface area contributed by atoms with Crippen molar-refractivity contribution in [2.75, 3.05) is 5.43 Å². The van der Waals surface area contributed by atoms with Gasteiger partial charge in [0.25, 0.3) is 0 Å². The van der Waals surface area contributed by atoms with Gasteiger partial charge in [-0.1, -0.05) is 18.2 Å². The van der Waals surface area contributed by atoms with Crippen molar-refractivity contribution < 1.29 is 0 Å². The van der Waals surface area contributed by atoms with E-state index in [0.29, 0.717) is 5.82 Å². The number of nitrogen functional groups attached to an aromatic ring is 1. The average molecular weight is 238 g/mol. The van der Waals surface area contributed by atoms with Crippen molar-refractivity contribution in [1.82, 2.24) is 9.97 Å². The van der Waals surface area contributed by atoms with Crippen molar-refractivity contribution in [3.8, 4) is 0 Å². The van der Waals surface area contributed by atoms with Crippen LogP contribution in [-0.4, -0.2) is 9.97 Å². The fourth-order valence-electron chi connectivity index (χ4n) is 2.17. The monoisotopic (exact) mass is 238 g/mol. The van der Waals surface area contributed by atoms with Crippen LogP contribution in [0.15, 0.2) is 30.3 Å². The smallest absolute Gasteiger partial charge is 0.143 e. The SMILES string of the molecule is Cc1ccc2ccc3cc(C)c(NN)nc3c2n1. The molecular formula is C14H14N4. The zero-order valence-corrected chi connectivity index (χ0v) is 10.4. The highest BCUT2D eigenvalue weighted by atomic mass is 15.2. The maximum atomic E-state index is 5.48. The first-order valence-corrected chi connectivity index (χ1v) is 5.83. The molecule has 0 amide bonds. The van der Waals surface area contributed by atoms with Crippen LogP contribution in [0.4, 0.5) is 5.82 Å². The minimum Gasteiger partial charge on any atom is -0.308 e. The van der Waals surface area contributed by atoms with Gasteiger partial charge in [0.2, 0.25) is 0 Å². The fourth-order valence-corrected chi connectivity index (χ4v) is 2.17. The van der Waals surface area contributed by atoms with E-state index in [2.05, 4.69) is 39.7 Å². The van der Waals surface area contributed by atoms with Crippen molar-refractivity contribution >= 4 is 27.6 Å². The van der Waals surface area contributed by atoms with E-state index in [4.69, 9.17) is 5.84 Å².